The van der Waals surface area contributed by atoms with Gasteiger partial charge < -0.3 is 14.0 Å². The maximum Gasteiger partial charge on any atom is 0.464 e. The minimum Gasteiger partial charge on any atom is -0.469 e. The number of carbonyl (C=O) groups excluding carboxylic acids is 1. The smallest absolute Gasteiger partial charge is 0.464 e. The molecule has 4 nitrogen and oxygen atoms in total. The van der Waals surface area contributed by atoms with Gasteiger partial charge in [-0.15, -0.1) is 0 Å². The van der Waals surface area contributed by atoms with Crippen molar-refractivity contribution in [3.63, 3.8) is 0 Å². The molecule has 4 rings (SSSR count). The van der Waals surface area contributed by atoms with Gasteiger partial charge >= 0.3 is 13.1 Å². The number of fused-ring (bicyclic) bond motifs is 3. The highest BCUT2D eigenvalue weighted by Gasteiger charge is 2.64. The first-order valence-electron chi connectivity index (χ1n) is 8.11. The first-order valence-corrected chi connectivity index (χ1v) is 8.11. The topological polar surface area (TPSA) is 44.8 Å². The highest BCUT2D eigenvalue weighted by Crippen LogP contribution is 2.64. The monoisotopic (exact) mass is 294 g/mol. The van der Waals surface area contributed by atoms with Crippen molar-refractivity contribution in [2.45, 2.75) is 82.7 Å². The van der Waals surface area contributed by atoms with E-state index >= 15 is 0 Å². The molecule has 3 aliphatic carbocycles. The molecule has 0 aromatic rings. The highest BCUT2D eigenvalue weighted by atomic mass is 16.7. The second-order valence-corrected chi connectivity index (χ2v) is 8.22. The maximum atomic E-state index is 12.1. The van der Waals surface area contributed by atoms with Gasteiger partial charge in [-0.05, 0) is 66.2 Å². The predicted octanol–water partition coefficient (Wildman–Crippen LogP) is 3.35. The minimum absolute atomic E-state index is 0.0234. The maximum absolute atomic E-state index is 12.1. The van der Waals surface area contributed by atoms with Crippen LogP contribution < -0.4 is 0 Å². The quantitative estimate of drug-likeness (QED) is 0.579. The van der Waals surface area contributed by atoms with Gasteiger partial charge in [0.15, 0.2) is 0 Å². The zero-order valence-corrected chi connectivity index (χ0v) is 14.0. The van der Waals surface area contributed by atoms with Crippen LogP contribution in [-0.4, -0.2) is 31.4 Å². The van der Waals surface area contributed by atoms with E-state index in [0.717, 1.165) is 38.5 Å². The van der Waals surface area contributed by atoms with Gasteiger partial charge in [-0.25, -0.2) is 0 Å². The molecule has 5 heteroatoms. The van der Waals surface area contributed by atoms with E-state index in [4.69, 9.17) is 14.0 Å². The standard InChI is InChI=1S/C16H27BO4/c1-13(2)14(3,4)21-17(20-13)16-9-6-15(7-10-16,8-11-16)12(18)19-5/h6-11H2,1-5H3. The number of hydrogen-bond donors (Lipinski definition) is 0. The lowest BCUT2D eigenvalue weighted by atomic mass is 9.41. The molecule has 2 bridgehead atoms. The van der Waals surface area contributed by atoms with Crippen molar-refractivity contribution < 1.29 is 18.8 Å². The van der Waals surface area contributed by atoms with E-state index in [2.05, 4.69) is 27.7 Å². The number of methoxy groups -OCH3 is 1. The number of ether oxygens (including phenoxy) is 1. The molecule has 0 aromatic heterocycles. The number of esters is 1. The molecule has 1 saturated heterocycles. The summed E-state index contributed by atoms with van der Waals surface area (Å²) >= 11 is 0. The molecule has 0 atom stereocenters. The SMILES string of the molecule is COC(=O)C12CCC(B3OC(C)(C)C(C)(C)O3)(CC1)CC2. The zero-order chi connectivity index (χ0) is 15.5. The lowest BCUT2D eigenvalue weighted by Crippen LogP contribution is -2.49. The van der Waals surface area contributed by atoms with Crippen LogP contribution in [0, 0.1) is 5.41 Å². The Kier molecular flexibility index (Phi) is 3.28. The second kappa shape index (κ2) is 4.48. The second-order valence-electron chi connectivity index (χ2n) is 8.22. The fourth-order valence-electron chi connectivity index (χ4n) is 4.18. The summed E-state index contributed by atoms with van der Waals surface area (Å²) in [6, 6.07) is 0. The van der Waals surface area contributed by atoms with Crippen LogP contribution in [0.15, 0.2) is 0 Å². The van der Waals surface area contributed by atoms with Gasteiger partial charge in [-0.3, -0.25) is 4.79 Å². The van der Waals surface area contributed by atoms with Crippen molar-refractivity contribution in [2.24, 2.45) is 5.41 Å². The van der Waals surface area contributed by atoms with Crippen molar-refractivity contribution in [3.8, 4) is 0 Å². The van der Waals surface area contributed by atoms with E-state index < -0.39 is 0 Å². The third kappa shape index (κ3) is 2.07. The van der Waals surface area contributed by atoms with Crippen LogP contribution in [0.4, 0.5) is 0 Å². The van der Waals surface area contributed by atoms with Crippen LogP contribution in [0.25, 0.3) is 0 Å². The Morgan fingerprint density at radius 3 is 1.71 bits per heavy atom. The van der Waals surface area contributed by atoms with E-state index in [1.807, 2.05) is 0 Å². The Bertz CT molecular complexity index is 417. The lowest BCUT2D eigenvalue weighted by molar-refractivity contribution is -0.159. The van der Waals surface area contributed by atoms with Gasteiger partial charge in [0, 0.05) is 5.31 Å². The summed E-state index contributed by atoms with van der Waals surface area (Å²) in [7, 11) is 1.36. The predicted molar refractivity (Wildman–Crippen MR) is 80.9 cm³/mol. The largest absolute Gasteiger partial charge is 0.469 e. The van der Waals surface area contributed by atoms with Gasteiger partial charge in [0.05, 0.1) is 23.7 Å². The molecule has 21 heavy (non-hydrogen) atoms. The molecular weight excluding hydrogens is 267 g/mol. The summed E-state index contributed by atoms with van der Waals surface area (Å²) in [4.78, 5) is 12.1. The molecule has 118 valence electrons. The van der Waals surface area contributed by atoms with Crippen molar-refractivity contribution in [1.29, 1.82) is 0 Å². The molecule has 0 amide bonds. The van der Waals surface area contributed by atoms with Crippen LogP contribution in [0.2, 0.25) is 5.31 Å². The Hall–Kier alpha value is -0.545. The van der Waals surface area contributed by atoms with Crippen LogP contribution in [-0.2, 0) is 18.8 Å². The zero-order valence-electron chi connectivity index (χ0n) is 14.0. The van der Waals surface area contributed by atoms with Gasteiger partial charge in [-0.2, -0.15) is 0 Å². The molecule has 0 N–H and O–H groups in total. The number of carbonyl (C=O) groups is 1. The van der Waals surface area contributed by atoms with Crippen molar-refractivity contribution in [2.75, 3.05) is 7.11 Å². The van der Waals surface area contributed by atoms with Crippen molar-refractivity contribution >= 4 is 13.1 Å². The van der Waals surface area contributed by atoms with E-state index in [1.165, 1.54) is 7.11 Å². The molecular formula is C16H27BO4. The van der Waals surface area contributed by atoms with Crippen LogP contribution in [0.3, 0.4) is 0 Å². The Balaban J connectivity index is 1.77. The Morgan fingerprint density at radius 1 is 0.905 bits per heavy atom. The molecule has 0 unspecified atom stereocenters. The molecule has 0 aromatic carbocycles. The normalized spacial score (nSPS) is 40.3. The molecule has 0 spiro atoms. The summed E-state index contributed by atoms with van der Waals surface area (Å²) in [5, 5.41) is 0.0841. The summed E-state index contributed by atoms with van der Waals surface area (Å²) in [5.41, 5.74) is -0.790. The van der Waals surface area contributed by atoms with E-state index in [0.29, 0.717) is 0 Å². The molecule has 0 radical (unpaired) electrons. The van der Waals surface area contributed by atoms with Gasteiger partial charge in [0.2, 0.25) is 0 Å². The summed E-state index contributed by atoms with van der Waals surface area (Å²) in [5.74, 6) is -0.0234. The first kappa shape index (κ1) is 15.4. The fourth-order valence-corrected chi connectivity index (χ4v) is 4.18. The molecule has 3 saturated carbocycles. The van der Waals surface area contributed by atoms with Crippen LogP contribution in [0.1, 0.15) is 66.2 Å². The van der Waals surface area contributed by atoms with Gasteiger partial charge in [0.1, 0.15) is 0 Å². The summed E-state index contributed by atoms with van der Waals surface area (Å²) < 4.78 is 17.6. The molecule has 1 aliphatic heterocycles. The minimum atomic E-state index is -0.277. The average molecular weight is 294 g/mol. The molecule has 4 fully saturated rings. The van der Waals surface area contributed by atoms with E-state index in [1.54, 1.807) is 0 Å². The lowest BCUT2D eigenvalue weighted by Gasteiger charge is -2.52. The summed E-state index contributed by atoms with van der Waals surface area (Å²) in [6.45, 7) is 8.42. The molecule has 4 aliphatic rings. The third-order valence-electron chi connectivity index (χ3n) is 6.68. The van der Waals surface area contributed by atoms with Gasteiger partial charge in [-0.1, -0.05) is 0 Å². The Labute approximate surface area is 128 Å². The van der Waals surface area contributed by atoms with Gasteiger partial charge in [0.25, 0.3) is 0 Å². The Morgan fingerprint density at radius 2 is 1.33 bits per heavy atom. The number of hydrogen-bond acceptors (Lipinski definition) is 4. The fraction of sp³-hybridized carbons (Fsp3) is 0.938. The molecule has 1 heterocycles. The highest BCUT2D eigenvalue weighted by molar-refractivity contribution is 6.49. The summed E-state index contributed by atoms with van der Waals surface area (Å²) in [6.07, 6.45) is 5.72. The third-order valence-corrected chi connectivity index (χ3v) is 6.68. The van der Waals surface area contributed by atoms with E-state index in [9.17, 15) is 4.79 Å². The van der Waals surface area contributed by atoms with Crippen molar-refractivity contribution in [3.05, 3.63) is 0 Å². The van der Waals surface area contributed by atoms with Crippen molar-refractivity contribution in [1.82, 2.24) is 0 Å². The van der Waals surface area contributed by atoms with E-state index in [-0.39, 0.29) is 35.0 Å². The van der Waals surface area contributed by atoms with Crippen LogP contribution in [0.5, 0.6) is 0 Å². The average Bonchev–Trinajstić information content (AvgIpc) is 2.69. The first-order chi connectivity index (χ1) is 9.66. The van der Waals surface area contributed by atoms with Crippen LogP contribution >= 0.6 is 0 Å². The number of rotatable bonds is 2.